The van der Waals surface area contributed by atoms with E-state index in [0.29, 0.717) is 30.4 Å². The van der Waals surface area contributed by atoms with Crippen molar-refractivity contribution in [3.8, 4) is 0 Å². The van der Waals surface area contributed by atoms with E-state index in [4.69, 9.17) is 9.73 Å². The zero-order valence-electron chi connectivity index (χ0n) is 17.3. The highest BCUT2D eigenvalue weighted by Gasteiger charge is 2.35. The zero-order valence-corrected chi connectivity index (χ0v) is 17.3. The van der Waals surface area contributed by atoms with Crippen LogP contribution in [0.4, 0.5) is 5.69 Å². The first-order valence-corrected chi connectivity index (χ1v) is 10.7. The molecule has 2 heterocycles. The van der Waals surface area contributed by atoms with Gasteiger partial charge in [0.05, 0.1) is 24.8 Å². The average Bonchev–Trinajstić information content (AvgIpc) is 3.46. The molecule has 1 aromatic rings. The van der Waals surface area contributed by atoms with Crippen molar-refractivity contribution in [3.05, 3.63) is 42.6 Å². The Morgan fingerprint density at radius 2 is 2.03 bits per heavy atom. The van der Waals surface area contributed by atoms with Gasteiger partial charge in [-0.3, -0.25) is 5.32 Å². The summed E-state index contributed by atoms with van der Waals surface area (Å²) in [4.78, 5) is 11.6. The molecular weight excluding hydrogens is 364 g/mol. The summed E-state index contributed by atoms with van der Waals surface area (Å²) in [5.41, 5.74) is 1.65. The average molecular weight is 397 g/mol. The third-order valence-electron chi connectivity index (χ3n) is 5.59. The molecule has 4 rings (SSSR count). The van der Waals surface area contributed by atoms with Crippen LogP contribution < -0.4 is 16.0 Å². The molecule has 2 aliphatic heterocycles. The van der Waals surface area contributed by atoms with E-state index in [9.17, 15) is 0 Å². The Labute approximate surface area is 173 Å². The van der Waals surface area contributed by atoms with Gasteiger partial charge in [-0.25, -0.2) is 9.98 Å². The van der Waals surface area contributed by atoms with E-state index in [2.05, 4.69) is 46.3 Å². The van der Waals surface area contributed by atoms with Crippen LogP contribution in [0.3, 0.4) is 0 Å². The van der Waals surface area contributed by atoms with Gasteiger partial charge < -0.3 is 20.3 Å². The van der Waals surface area contributed by atoms with Gasteiger partial charge in [0.2, 0.25) is 0 Å². The summed E-state index contributed by atoms with van der Waals surface area (Å²) in [6.45, 7) is 9.15. The lowest BCUT2D eigenvalue weighted by Gasteiger charge is -2.30. The number of rotatable bonds is 5. The number of anilines is 1. The minimum Gasteiger partial charge on any atom is -0.366 e. The molecular formula is C22H32N6O. The molecule has 1 saturated heterocycles. The highest BCUT2D eigenvalue weighted by molar-refractivity contribution is 5.99. The number of ether oxygens (including phenoxy) is 1. The maximum Gasteiger partial charge on any atom is 0.177 e. The van der Waals surface area contributed by atoms with Crippen molar-refractivity contribution in [2.75, 3.05) is 12.0 Å². The molecule has 156 valence electrons. The van der Waals surface area contributed by atoms with Gasteiger partial charge in [-0.1, -0.05) is 38.6 Å². The van der Waals surface area contributed by atoms with E-state index in [1.165, 1.54) is 0 Å². The molecule has 0 radical (unpaired) electrons. The van der Waals surface area contributed by atoms with Crippen molar-refractivity contribution < 1.29 is 4.74 Å². The number of hydrogen-bond acceptors (Lipinski definition) is 7. The van der Waals surface area contributed by atoms with Gasteiger partial charge in [-0.05, 0) is 37.8 Å². The van der Waals surface area contributed by atoms with Crippen molar-refractivity contribution in [2.24, 2.45) is 15.9 Å². The van der Waals surface area contributed by atoms with Crippen LogP contribution in [0.15, 0.2) is 52.6 Å². The molecule has 1 saturated carbocycles. The molecule has 7 heteroatoms. The molecule has 4 atom stereocenters. The van der Waals surface area contributed by atoms with Crippen LogP contribution in [0.5, 0.6) is 0 Å². The van der Waals surface area contributed by atoms with Gasteiger partial charge in [0, 0.05) is 17.6 Å². The van der Waals surface area contributed by atoms with E-state index in [1.54, 1.807) is 0 Å². The molecule has 3 N–H and O–H groups in total. The molecule has 29 heavy (non-hydrogen) atoms. The van der Waals surface area contributed by atoms with Crippen LogP contribution in [-0.2, 0) is 4.74 Å². The highest BCUT2D eigenvalue weighted by atomic mass is 16.5. The Hall–Kier alpha value is -2.38. The molecule has 0 spiro atoms. The first kappa shape index (κ1) is 19.9. The predicted molar refractivity (Wildman–Crippen MR) is 118 cm³/mol. The second kappa shape index (κ2) is 8.97. The normalized spacial score (nSPS) is 30.3. The van der Waals surface area contributed by atoms with Gasteiger partial charge in [0.15, 0.2) is 6.29 Å². The Kier molecular flexibility index (Phi) is 6.16. The molecule has 1 aliphatic carbocycles. The fraction of sp³-hybridized carbons (Fsp3) is 0.545. The molecule has 0 bridgehead atoms. The number of hydrogen-bond donors (Lipinski definition) is 3. The van der Waals surface area contributed by atoms with Gasteiger partial charge in [0.25, 0.3) is 0 Å². The smallest absolute Gasteiger partial charge is 0.177 e. The Balaban J connectivity index is 1.54. The maximum absolute atomic E-state index is 6.28. The van der Waals surface area contributed by atoms with Crippen molar-refractivity contribution >= 4 is 17.9 Å². The molecule has 1 aromatic carbocycles. The largest absolute Gasteiger partial charge is 0.366 e. The minimum atomic E-state index is -0.307. The van der Waals surface area contributed by atoms with Crippen LogP contribution >= 0.6 is 0 Å². The topological polar surface area (TPSA) is 73.3 Å². The Morgan fingerprint density at radius 3 is 2.72 bits per heavy atom. The summed E-state index contributed by atoms with van der Waals surface area (Å²) in [7, 11) is 0. The van der Waals surface area contributed by atoms with E-state index in [-0.39, 0.29) is 12.5 Å². The van der Waals surface area contributed by atoms with Gasteiger partial charge in [-0.15, -0.1) is 0 Å². The fourth-order valence-corrected chi connectivity index (χ4v) is 3.75. The molecule has 0 amide bonds. The van der Waals surface area contributed by atoms with Gasteiger partial charge >= 0.3 is 0 Å². The summed E-state index contributed by atoms with van der Waals surface area (Å²) in [6.07, 6.45) is 6.28. The van der Waals surface area contributed by atoms with Crippen molar-refractivity contribution in [3.63, 3.8) is 0 Å². The van der Waals surface area contributed by atoms with Gasteiger partial charge in [0.1, 0.15) is 12.1 Å². The van der Waals surface area contributed by atoms with E-state index < -0.39 is 0 Å². The number of benzene rings is 1. The minimum absolute atomic E-state index is 0.000633. The predicted octanol–water partition coefficient (Wildman–Crippen LogP) is 3.10. The first-order chi connectivity index (χ1) is 14.1. The summed E-state index contributed by atoms with van der Waals surface area (Å²) in [5.74, 6) is 1.17. The molecule has 2 fully saturated rings. The number of para-hydroxylation sites is 1. The number of amidine groups is 1. The lowest BCUT2D eigenvalue weighted by molar-refractivity contribution is -0.0375. The second-order valence-corrected chi connectivity index (χ2v) is 8.15. The van der Waals surface area contributed by atoms with Crippen LogP contribution in [-0.4, -0.2) is 48.4 Å². The van der Waals surface area contributed by atoms with Crippen molar-refractivity contribution in [1.29, 1.82) is 0 Å². The van der Waals surface area contributed by atoms with Crippen LogP contribution in [0, 0.1) is 5.92 Å². The third kappa shape index (κ3) is 5.16. The molecule has 0 aromatic heterocycles. The standard InChI is InChI=1S/C22H32N6O/c1-4-19-12-15(2)21(29-19)28-13-23-16(3)20(25-18-10-11-18)27-22(24-14-28)26-17-8-6-5-7-9-17/h5-9,13,15,18-19,21-22,24,26H,3-4,10-12,14H2,1-2H3,(H,25,27)/t15-,19+,21+,22?/m0/s1. The molecule has 1 unspecified atom stereocenters. The highest BCUT2D eigenvalue weighted by Crippen LogP contribution is 2.29. The summed E-state index contributed by atoms with van der Waals surface area (Å²) in [5, 5.41) is 10.4. The number of aliphatic imine (C=N–C) groups is 2. The molecule has 3 aliphatic rings. The fourth-order valence-electron chi connectivity index (χ4n) is 3.75. The molecule has 7 nitrogen and oxygen atoms in total. The van der Waals surface area contributed by atoms with Crippen LogP contribution in [0.25, 0.3) is 0 Å². The van der Waals surface area contributed by atoms with E-state index in [0.717, 1.165) is 37.2 Å². The Morgan fingerprint density at radius 1 is 1.24 bits per heavy atom. The van der Waals surface area contributed by atoms with E-state index >= 15 is 0 Å². The van der Waals surface area contributed by atoms with Crippen molar-refractivity contribution in [1.82, 2.24) is 15.5 Å². The summed E-state index contributed by atoms with van der Waals surface area (Å²) < 4.78 is 6.28. The van der Waals surface area contributed by atoms with Crippen LogP contribution in [0.2, 0.25) is 0 Å². The number of nitrogens with one attached hydrogen (secondary N) is 3. The maximum atomic E-state index is 6.28. The quantitative estimate of drug-likeness (QED) is 0.713. The lowest BCUT2D eigenvalue weighted by Crippen LogP contribution is -2.47. The third-order valence-corrected chi connectivity index (χ3v) is 5.59. The zero-order chi connectivity index (χ0) is 20.2. The second-order valence-electron chi connectivity index (χ2n) is 8.15. The lowest BCUT2D eigenvalue weighted by atomic mass is 10.0. The monoisotopic (exact) mass is 396 g/mol. The van der Waals surface area contributed by atoms with E-state index in [1.807, 2.05) is 36.7 Å². The Bertz CT molecular complexity index is 760. The SMILES string of the molecule is C=C1N=CN([C@@H]2O[C@H](CC)C[C@@H]2C)CNC(Nc2ccccc2)N=C1NC1CC1. The van der Waals surface area contributed by atoms with Crippen molar-refractivity contribution in [2.45, 2.75) is 64.2 Å². The van der Waals surface area contributed by atoms with Crippen LogP contribution in [0.1, 0.15) is 39.5 Å². The number of nitrogens with zero attached hydrogens (tertiary/aromatic N) is 3. The summed E-state index contributed by atoms with van der Waals surface area (Å²) in [6, 6.07) is 10.6. The summed E-state index contributed by atoms with van der Waals surface area (Å²) >= 11 is 0. The first-order valence-electron chi connectivity index (χ1n) is 10.7. The van der Waals surface area contributed by atoms with Gasteiger partial charge in [-0.2, -0.15) is 0 Å².